The molecule has 2 aromatic rings. The number of rotatable bonds is 3. The first-order chi connectivity index (χ1) is 7.94. The molecule has 0 radical (unpaired) electrons. The molecular formula is C11H11F3N2O. The molecule has 17 heavy (non-hydrogen) atoms. The Kier molecular flexibility index (Phi) is 3.06. The van der Waals surface area contributed by atoms with Crippen LogP contribution in [0.25, 0.3) is 11.1 Å². The Morgan fingerprint density at radius 1 is 1.35 bits per heavy atom. The van der Waals surface area contributed by atoms with E-state index < -0.39 is 12.7 Å². The average Bonchev–Trinajstić information content (AvgIpc) is 2.57. The number of nitrogens with one attached hydrogen (secondary N) is 1. The maximum atomic E-state index is 11.9. The zero-order valence-electron chi connectivity index (χ0n) is 9.14. The highest BCUT2D eigenvalue weighted by atomic mass is 19.4. The van der Waals surface area contributed by atoms with Gasteiger partial charge < -0.3 is 9.73 Å². The second-order valence-corrected chi connectivity index (χ2v) is 3.80. The van der Waals surface area contributed by atoms with E-state index >= 15 is 0 Å². The zero-order valence-corrected chi connectivity index (χ0v) is 9.14. The van der Waals surface area contributed by atoms with Crippen LogP contribution < -0.4 is 5.32 Å². The van der Waals surface area contributed by atoms with Gasteiger partial charge in [0.05, 0.1) is 13.1 Å². The lowest BCUT2D eigenvalue weighted by Crippen LogP contribution is -2.28. The summed E-state index contributed by atoms with van der Waals surface area (Å²) in [4.78, 5) is 4.08. The van der Waals surface area contributed by atoms with Crippen molar-refractivity contribution in [2.45, 2.75) is 19.6 Å². The van der Waals surface area contributed by atoms with Crippen LogP contribution >= 0.6 is 0 Å². The molecule has 1 aromatic heterocycles. The van der Waals surface area contributed by atoms with Crippen molar-refractivity contribution < 1.29 is 17.6 Å². The quantitative estimate of drug-likeness (QED) is 0.902. The lowest BCUT2D eigenvalue weighted by atomic mass is 10.2. The minimum atomic E-state index is -4.22. The number of benzene rings is 1. The van der Waals surface area contributed by atoms with Crippen molar-refractivity contribution in [1.82, 2.24) is 10.3 Å². The number of halogens is 3. The van der Waals surface area contributed by atoms with Gasteiger partial charge >= 0.3 is 6.18 Å². The standard InChI is InChI=1S/C11H11F3N2O/c1-7-2-3-8-9(4-7)17-10(16-8)5-15-6-11(12,13)14/h2-4,15H,5-6H2,1H3. The first-order valence-electron chi connectivity index (χ1n) is 5.07. The van der Waals surface area contributed by atoms with Gasteiger partial charge in [0.2, 0.25) is 5.89 Å². The molecule has 0 saturated carbocycles. The zero-order chi connectivity index (χ0) is 12.5. The van der Waals surface area contributed by atoms with E-state index in [-0.39, 0.29) is 12.4 Å². The summed E-state index contributed by atoms with van der Waals surface area (Å²) in [5, 5.41) is 2.24. The van der Waals surface area contributed by atoms with Crippen molar-refractivity contribution in [2.75, 3.05) is 6.54 Å². The van der Waals surface area contributed by atoms with Gasteiger partial charge in [-0.15, -0.1) is 0 Å². The van der Waals surface area contributed by atoms with Gasteiger partial charge in [-0.25, -0.2) is 4.98 Å². The highest BCUT2D eigenvalue weighted by Gasteiger charge is 2.26. The summed E-state index contributed by atoms with van der Waals surface area (Å²) in [5.41, 5.74) is 2.26. The maximum absolute atomic E-state index is 11.9. The number of hydrogen-bond acceptors (Lipinski definition) is 3. The number of aryl methyl sites for hydroxylation is 1. The number of nitrogens with zero attached hydrogens (tertiary/aromatic N) is 1. The Morgan fingerprint density at radius 3 is 2.82 bits per heavy atom. The Balaban J connectivity index is 2.05. The van der Waals surface area contributed by atoms with E-state index in [0.717, 1.165) is 5.56 Å². The van der Waals surface area contributed by atoms with E-state index in [4.69, 9.17) is 4.42 Å². The van der Waals surface area contributed by atoms with E-state index in [1.807, 2.05) is 13.0 Å². The first kappa shape index (κ1) is 11.9. The molecule has 2 rings (SSSR count). The van der Waals surface area contributed by atoms with Gasteiger partial charge in [-0.1, -0.05) is 6.07 Å². The van der Waals surface area contributed by atoms with E-state index in [1.165, 1.54) is 0 Å². The summed E-state index contributed by atoms with van der Waals surface area (Å²) < 4.78 is 41.0. The molecular weight excluding hydrogens is 233 g/mol. The van der Waals surface area contributed by atoms with Crippen molar-refractivity contribution in [1.29, 1.82) is 0 Å². The maximum Gasteiger partial charge on any atom is 0.401 e. The number of oxazole rings is 1. The molecule has 92 valence electrons. The summed E-state index contributed by atoms with van der Waals surface area (Å²) in [6, 6.07) is 5.45. The average molecular weight is 244 g/mol. The van der Waals surface area contributed by atoms with E-state index in [0.29, 0.717) is 11.1 Å². The van der Waals surface area contributed by atoms with Crippen LogP contribution in [0.3, 0.4) is 0 Å². The van der Waals surface area contributed by atoms with Crippen molar-refractivity contribution in [3.05, 3.63) is 29.7 Å². The van der Waals surface area contributed by atoms with Crippen LogP contribution in [0, 0.1) is 6.92 Å². The number of fused-ring (bicyclic) bond motifs is 1. The third-order valence-corrected chi connectivity index (χ3v) is 2.19. The molecule has 0 aliphatic heterocycles. The van der Waals surface area contributed by atoms with Gasteiger partial charge in [0.25, 0.3) is 0 Å². The van der Waals surface area contributed by atoms with E-state index in [2.05, 4.69) is 10.3 Å². The van der Waals surface area contributed by atoms with Gasteiger partial charge in [0.1, 0.15) is 5.52 Å². The summed E-state index contributed by atoms with van der Waals surface area (Å²) in [6.07, 6.45) is -4.22. The molecule has 0 amide bonds. The Labute approximate surface area is 95.6 Å². The summed E-state index contributed by atoms with van der Waals surface area (Å²) >= 11 is 0. The molecule has 1 heterocycles. The number of hydrogen-bond donors (Lipinski definition) is 1. The molecule has 0 fully saturated rings. The minimum absolute atomic E-state index is 0.0345. The van der Waals surface area contributed by atoms with Gasteiger partial charge in [0.15, 0.2) is 5.58 Å². The third-order valence-electron chi connectivity index (χ3n) is 2.19. The van der Waals surface area contributed by atoms with Crippen LogP contribution in [0.2, 0.25) is 0 Å². The molecule has 0 spiro atoms. The van der Waals surface area contributed by atoms with Gasteiger partial charge in [-0.3, -0.25) is 0 Å². The van der Waals surface area contributed by atoms with Crippen LogP contribution in [-0.2, 0) is 6.54 Å². The predicted molar refractivity (Wildman–Crippen MR) is 56.5 cm³/mol. The third kappa shape index (κ3) is 3.20. The van der Waals surface area contributed by atoms with Gasteiger partial charge in [0, 0.05) is 0 Å². The van der Waals surface area contributed by atoms with Gasteiger partial charge in [-0.05, 0) is 24.6 Å². The predicted octanol–water partition coefficient (Wildman–Crippen LogP) is 2.79. The van der Waals surface area contributed by atoms with Crippen LogP contribution in [0.15, 0.2) is 22.6 Å². The molecule has 0 saturated heterocycles. The fraction of sp³-hybridized carbons (Fsp3) is 0.364. The molecule has 1 aromatic carbocycles. The SMILES string of the molecule is Cc1ccc2nc(CNCC(F)(F)F)oc2c1. The smallest absolute Gasteiger partial charge is 0.401 e. The number of alkyl halides is 3. The minimum Gasteiger partial charge on any atom is -0.439 e. The highest BCUT2D eigenvalue weighted by molar-refractivity contribution is 5.73. The fourth-order valence-electron chi connectivity index (χ4n) is 1.47. The second kappa shape index (κ2) is 4.37. The first-order valence-corrected chi connectivity index (χ1v) is 5.07. The van der Waals surface area contributed by atoms with Crippen molar-refractivity contribution >= 4 is 11.1 Å². The largest absolute Gasteiger partial charge is 0.439 e. The molecule has 0 aliphatic rings. The molecule has 0 aliphatic carbocycles. The summed E-state index contributed by atoms with van der Waals surface area (Å²) in [6.45, 7) is 0.821. The monoisotopic (exact) mass is 244 g/mol. The van der Waals surface area contributed by atoms with Crippen LogP contribution in [0.1, 0.15) is 11.5 Å². The second-order valence-electron chi connectivity index (χ2n) is 3.80. The topological polar surface area (TPSA) is 38.1 Å². The van der Waals surface area contributed by atoms with Crippen molar-refractivity contribution in [3.63, 3.8) is 0 Å². The molecule has 3 nitrogen and oxygen atoms in total. The summed E-state index contributed by atoms with van der Waals surface area (Å²) in [7, 11) is 0. The lowest BCUT2D eigenvalue weighted by Gasteiger charge is -2.05. The number of aromatic nitrogens is 1. The van der Waals surface area contributed by atoms with Crippen molar-refractivity contribution in [3.8, 4) is 0 Å². The molecule has 0 bridgehead atoms. The Bertz CT molecular complexity index is 519. The lowest BCUT2D eigenvalue weighted by molar-refractivity contribution is -0.125. The Hall–Kier alpha value is -1.56. The van der Waals surface area contributed by atoms with Crippen LogP contribution in [0.5, 0.6) is 0 Å². The fourth-order valence-corrected chi connectivity index (χ4v) is 1.47. The molecule has 0 atom stereocenters. The molecule has 6 heteroatoms. The summed E-state index contributed by atoms with van der Waals surface area (Å²) in [5.74, 6) is 0.259. The van der Waals surface area contributed by atoms with Crippen LogP contribution in [-0.4, -0.2) is 17.7 Å². The van der Waals surface area contributed by atoms with E-state index in [1.54, 1.807) is 12.1 Å². The van der Waals surface area contributed by atoms with Gasteiger partial charge in [-0.2, -0.15) is 13.2 Å². The molecule has 1 N–H and O–H groups in total. The molecule has 0 unspecified atom stereocenters. The Morgan fingerprint density at radius 2 is 2.12 bits per heavy atom. The van der Waals surface area contributed by atoms with Crippen molar-refractivity contribution in [2.24, 2.45) is 0 Å². The van der Waals surface area contributed by atoms with E-state index in [9.17, 15) is 13.2 Å². The highest BCUT2D eigenvalue weighted by Crippen LogP contribution is 2.17. The van der Waals surface area contributed by atoms with Crippen LogP contribution in [0.4, 0.5) is 13.2 Å². The normalized spacial score (nSPS) is 12.2.